The van der Waals surface area contributed by atoms with E-state index in [1.165, 1.54) is 0 Å². The van der Waals surface area contributed by atoms with Crippen molar-refractivity contribution in [1.82, 2.24) is 0 Å². The second-order valence-electron chi connectivity index (χ2n) is 3.17. The Morgan fingerprint density at radius 3 is 2.42 bits per heavy atom. The van der Waals surface area contributed by atoms with Gasteiger partial charge in [-0.15, -0.1) is 0 Å². The van der Waals surface area contributed by atoms with Crippen molar-refractivity contribution in [2.45, 2.75) is 40.0 Å². The minimum Gasteiger partial charge on any atom is -0.366 e. The van der Waals surface area contributed by atoms with Gasteiger partial charge in [0.05, 0.1) is 0 Å². The first kappa shape index (κ1) is 11.2. The SMILES string of the molecule is CCCC(C=C(C)C(N)=O)CC. The van der Waals surface area contributed by atoms with E-state index in [1.807, 2.05) is 6.08 Å². The lowest BCUT2D eigenvalue weighted by Gasteiger charge is -2.08. The van der Waals surface area contributed by atoms with Crippen LogP contribution < -0.4 is 5.73 Å². The summed E-state index contributed by atoms with van der Waals surface area (Å²) < 4.78 is 0. The zero-order valence-corrected chi connectivity index (χ0v) is 8.26. The van der Waals surface area contributed by atoms with Crippen molar-refractivity contribution in [2.24, 2.45) is 11.7 Å². The van der Waals surface area contributed by atoms with Crippen LogP contribution in [0.15, 0.2) is 11.6 Å². The second kappa shape index (κ2) is 5.81. The first-order valence-electron chi connectivity index (χ1n) is 4.60. The topological polar surface area (TPSA) is 43.1 Å². The average Bonchev–Trinajstić information content (AvgIpc) is 2.03. The van der Waals surface area contributed by atoms with E-state index < -0.39 is 0 Å². The van der Waals surface area contributed by atoms with Gasteiger partial charge in [0.25, 0.3) is 0 Å². The first-order chi connectivity index (χ1) is 5.61. The number of allylic oxidation sites excluding steroid dienone is 1. The molecule has 0 spiro atoms. The summed E-state index contributed by atoms with van der Waals surface area (Å²) in [4.78, 5) is 10.7. The predicted octanol–water partition coefficient (Wildman–Crippen LogP) is 2.24. The van der Waals surface area contributed by atoms with Crippen molar-refractivity contribution in [1.29, 1.82) is 0 Å². The summed E-state index contributed by atoms with van der Waals surface area (Å²) in [7, 11) is 0. The Morgan fingerprint density at radius 1 is 1.50 bits per heavy atom. The Bertz CT molecular complexity index is 173. The summed E-state index contributed by atoms with van der Waals surface area (Å²) in [6.07, 6.45) is 5.37. The standard InChI is InChI=1S/C10H19NO/c1-4-6-9(5-2)7-8(3)10(11)12/h7,9H,4-6H2,1-3H3,(H2,11,12). The smallest absolute Gasteiger partial charge is 0.244 e. The third kappa shape index (κ3) is 4.16. The Kier molecular flexibility index (Phi) is 5.43. The fourth-order valence-corrected chi connectivity index (χ4v) is 1.21. The third-order valence-corrected chi connectivity index (χ3v) is 2.06. The van der Waals surface area contributed by atoms with Gasteiger partial charge in [0.2, 0.25) is 5.91 Å². The van der Waals surface area contributed by atoms with Gasteiger partial charge in [-0.1, -0.05) is 26.3 Å². The molecule has 1 amide bonds. The van der Waals surface area contributed by atoms with Crippen LogP contribution in [0.2, 0.25) is 0 Å². The molecule has 0 aliphatic heterocycles. The molecule has 70 valence electrons. The van der Waals surface area contributed by atoms with Gasteiger partial charge in [-0.05, 0) is 25.7 Å². The number of primary amides is 1. The van der Waals surface area contributed by atoms with Gasteiger partial charge in [-0.3, -0.25) is 4.79 Å². The zero-order chi connectivity index (χ0) is 9.56. The van der Waals surface area contributed by atoms with Crippen LogP contribution in [0.25, 0.3) is 0 Å². The van der Waals surface area contributed by atoms with E-state index in [2.05, 4.69) is 13.8 Å². The summed E-state index contributed by atoms with van der Waals surface area (Å²) in [6.45, 7) is 6.06. The maximum Gasteiger partial charge on any atom is 0.244 e. The number of nitrogens with two attached hydrogens (primary N) is 1. The van der Waals surface area contributed by atoms with Crippen molar-refractivity contribution in [3.63, 3.8) is 0 Å². The molecule has 0 aromatic rings. The Morgan fingerprint density at radius 2 is 2.08 bits per heavy atom. The number of amides is 1. The number of hydrogen-bond acceptors (Lipinski definition) is 1. The Balaban J connectivity index is 4.14. The molecule has 2 heteroatoms. The highest BCUT2D eigenvalue weighted by atomic mass is 16.1. The number of carbonyl (C=O) groups is 1. The van der Waals surface area contributed by atoms with Gasteiger partial charge < -0.3 is 5.73 Å². The molecular weight excluding hydrogens is 150 g/mol. The van der Waals surface area contributed by atoms with E-state index in [4.69, 9.17) is 5.73 Å². The van der Waals surface area contributed by atoms with E-state index >= 15 is 0 Å². The third-order valence-electron chi connectivity index (χ3n) is 2.06. The van der Waals surface area contributed by atoms with Crippen molar-refractivity contribution >= 4 is 5.91 Å². The maximum atomic E-state index is 10.7. The van der Waals surface area contributed by atoms with Crippen molar-refractivity contribution in [3.05, 3.63) is 11.6 Å². The lowest BCUT2D eigenvalue weighted by molar-refractivity contribution is -0.114. The molecule has 0 heterocycles. The van der Waals surface area contributed by atoms with Gasteiger partial charge >= 0.3 is 0 Å². The molecular formula is C10H19NO. The second-order valence-corrected chi connectivity index (χ2v) is 3.17. The van der Waals surface area contributed by atoms with E-state index in [0.717, 1.165) is 19.3 Å². The van der Waals surface area contributed by atoms with E-state index in [9.17, 15) is 4.79 Å². The zero-order valence-electron chi connectivity index (χ0n) is 8.26. The summed E-state index contributed by atoms with van der Waals surface area (Å²) in [5, 5.41) is 0. The van der Waals surface area contributed by atoms with Gasteiger partial charge in [-0.2, -0.15) is 0 Å². The molecule has 0 aliphatic rings. The molecule has 0 radical (unpaired) electrons. The molecule has 2 N–H and O–H groups in total. The van der Waals surface area contributed by atoms with E-state index in [-0.39, 0.29) is 5.91 Å². The van der Waals surface area contributed by atoms with Crippen LogP contribution >= 0.6 is 0 Å². The highest BCUT2D eigenvalue weighted by Gasteiger charge is 2.04. The minimum atomic E-state index is -0.301. The summed E-state index contributed by atoms with van der Waals surface area (Å²) in [5.74, 6) is 0.215. The van der Waals surface area contributed by atoms with Crippen LogP contribution in [0.5, 0.6) is 0 Å². The molecule has 0 aliphatic carbocycles. The molecule has 1 unspecified atom stereocenters. The first-order valence-corrected chi connectivity index (χ1v) is 4.60. The normalized spacial score (nSPS) is 14.4. The number of hydrogen-bond donors (Lipinski definition) is 1. The summed E-state index contributed by atoms with van der Waals surface area (Å²) >= 11 is 0. The van der Waals surface area contributed by atoms with Gasteiger partial charge in [-0.25, -0.2) is 0 Å². The van der Waals surface area contributed by atoms with Crippen LogP contribution in [0.3, 0.4) is 0 Å². The molecule has 2 nitrogen and oxygen atoms in total. The molecule has 0 aromatic heterocycles. The van der Waals surface area contributed by atoms with Crippen LogP contribution in [0.4, 0.5) is 0 Å². The van der Waals surface area contributed by atoms with Gasteiger partial charge in [0, 0.05) is 5.57 Å². The quantitative estimate of drug-likeness (QED) is 0.630. The lowest BCUT2D eigenvalue weighted by Crippen LogP contribution is -2.12. The summed E-state index contributed by atoms with van der Waals surface area (Å²) in [6, 6.07) is 0. The number of rotatable bonds is 5. The molecule has 0 saturated heterocycles. The van der Waals surface area contributed by atoms with Crippen LogP contribution in [0.1, 0.15) is 40.0 Å². The predicted molar refractivity (Wildman–Crippen MR) is 51.6 cm³/mol. The molecule has 0 rings (SSSR count). The largest absolute Gasteiger partial charge is 0.366 e. The molecule has 0 aromatic carbocycles. The van der Waals surface area contributed by atoms with Crippen molar-refractivity contribution in [3.8, 4) is 0 Å². The van der Waals surface area contributed by atoms with Gasteiger partial charge in [0.15, 0.2) is 0 Å². The van der Waals surface area contributed by atoms with Gasteiger partial charge in [0.1, 0.15) is 0 Å². The molecule has 0 saturated carbocycles. The van der Waals surface area contributed by atoms with E-state index in [0.29, 0.717) is 11.5 Å². The van der Waals surface area contributed by atoms with Crippen molar-refractivity contribution < 1.29 is 4.79 Å². The molecule has 0 fully saturated rings. The summed E-state index contributed by atoms with van der Waals surface area (Å²) in [5.41, 5.74) is 5.82. The highest BCUT2D eigenvalue weighted by Crippen LogP contribution is 2.14. The average molecular weight is 169 g/mol. The number of carbonyl (C=O) groups excluding carboxylic acids is 1. The van der Waals surface area contributed by atoms with Crippen LogP contribution in [-0.2, 0) is 4.79 Å². The minimum absolute atomic E-state index is 0.301. The monoisotopic (exact) mass is 169 g/mol. The fraction of sp³-hybridized carbons (Fsp3) is 0.700. The van der Waals surface area contributed by atoms with Crippen molar-refractivity contribution in [2.75, 3.05) is 0 Å². The maximum absolute atomic E-state index is 10.7. The highest BCUT2D eigenvalue weighted by molar-refractivity contribution is 5.91. The molecule has 0 bridgehead atoms. The van der Waals surface area contributed by atoms with Crippen LogP contribution in [0, 0.1) is 5.92 Å². The molecule has 1 atom stereocenters. The lowest BCUT2D eigenvalue weighted by atomic mass is 9.98. The fourth-order valence-electron chi connectivity index (χ4n) is 1.21. The Labute approximate surface area is 74.8 Å². The molecule has 12 heavy (non-hydrogen) atoms. The van der Waals surface area contributed by atoms with E-state index in [1.54, 1.807) is 6.92 Å². The van der Waals surface area contributed by atoms with Crippen LogP contribution in [-0.4, -0.2) is 5.91 Å². The Hall–Kier alpha value is -0.790.